The minimum atomic E-state index is -0.599. The molecule has 120 valence electrons. The van der Waals surface area contributed by atoms with Crippen LogP contribution in [0.15, 0.2) is 18.2 Å². The molecule has 0 aliphatic rings. The molecule has 1 N–H and O–H groups in total. The Kier molecular flexibility index (Phi) is 7.14. The van der Waals surface area contributed by atoms with Crippen LogP contribution < -0.4 is 5.32 Å². The van der Waals surface area contributed by atoms with Gasteiger partial charge in [-0.3, -0.25) is 14.4 Å². The summed E-state index contributed by atoms with van der Waals surface area (Å²) in [6.07, 6.45) is -0.0695. The molecular formula is C14H16Cl2N2O4. The molecule has 0 heterocycles. The molecule has 0 aromatic heterocycles. The molecule has 0 saturated heterocycles. The fraction of sp³-hybridized carbons (Fsp3) is 0.357. The van der Waals surface area contributed by atoms with Crippen LogP contribution >= 0.6 is 23.2 Å². The van der Waals surface area contributed by atoms with E-state index in [9.17, 15) is 14.4 Å². The fourth-order valence-electron chi connectivity index (χ4n) is 1.40. The van der Waals surface area contributed by atoms with Gasteiger partial charge in [0.05, 0.1) is 13.0 Å². The summed E-state index contributed by atoms with van der Waals surface area (Å²) in [5.74, 6) is -1.41. The molecule has 1 aromatic rings. The number of hydrogen-bond donors (Lipinski definition) is 1. The number of benzene rings is 1. The standard InChI is InChI=1S/C14H16Cl2N2O4/c1-18(2)13(20)7-17-12(19)8-22-14(21)5-9-3-4-10(15)6-11(9)16/h3-4,6H,5,7-8H2,1-2H3,(H,17,19). The molecule has 1 aromatic carbocycles. The first kappa shape index (κ1) is 18.3. The first-order valence-corrected chi connectivity index (χ1v) is 7.11. The number of halogens is 2. The average Bonchev–Trinajstić information content (AvgIpc) is 2.45. The number of nitrogens with zero attached hydrogens (tertiary/aromatic N) is 1. The number of carbonyl (C=O) groups is 3. The van der Waals surface area contributed by atoms with Gasteiger partial charge in [-0.15, -0.1) is 0 Å². The van der Waals surface area contributed by atoms with Crippen LogP contribution in [0.25, 0.3) is 0 Å². The first-order chi connectivity index (χ1) is 10.3. The Balaban J connectivity index is 2.36. The number of rotatable bonds is 6. The highest BCUT2D eigenvalue weighted by molar-refractivity contribution is 6.35. The summed E-state index contributed by atoms with van der Waals surface area (Å²) in [6.45, 7) is -0.600. The van der Waals surface area contributed by atoms with Gasteiger partial charge in [0.2, 0.25) is 5.91 Å². The van der Waals surface area contributed by atoms with Gasteiger partial charge in [0.25, 0.3) is 5.91 Å². The lowest BCUT2D eigenvalue weighted by Crippen LogP contribution is -2.38. The van der Waals surface area contributed by atoms with Gasteiger partial charge in [-0.2, -0.15) is 0 Å². The number of carbonyl (C=O) groups excluding carboxylic acids is 3. The predicted molar refractivity (Wildman–Crippen MR) is 82.8 cm³/mol. The van der Waals surface area contributed by atoms with E-state index >= 15 is 0 Å². The van der Waals surface area contributed by atoms with Crippen molar-refractivity contribution in [3.63, 3.8) is 0 Å². The molecule has 0 aliphatic carbocycles. The molecule has 0 radical (unpaired) electrons. The Bertz CT molecular complexity index is 576. The van der Waals surface area contributed by atoms with E-state index in [0.717, 1.165) is 0 Å². The normalized spacial score (nSPS) is 10.0. The highest BCUT2D eigenvalue weighted by Crippen LogP contribution is 2.21. The molecular weight excluding hydrogens is 331 g/mol. The molecule has 6 nitrogen and oxygen atoms in total. The van der Waals surface area contributed by atoms with Crippen molar-refractivity contribution < 1.29 is 19.1 Å². The summed E-state index contributed by atoms with van der Waals surface area (Å²) in [6, 6.07) is 4.74. The maximum Gasteiger partial charge on any atom is 0.310 e. The maximum absolute atomic E-state index is 11.6. The zero-order valence-electron chi connectivity index (χ0n) is 12.2. The fourth-order valence-corrected chi connectivity index (χ4v) is 1.88. The molecule has 0 aliphatic heterocycles. The summed E-state index contributed by atoms with van der Waals surface area (Å²) >= 11 is 11.7. The van der Waals surface area contributed by atoms with E-state index in [4.69, 9.17) is 27.9 Å². The number of likely N-dealkylation sites (N-methyl/N-ethyl adjacent to an activating group) is 1. The van der Waals surface area contributed by atoms with Crippen LogP contribution in [-0.2, 0) is 25.5 Å². The van der Waals surface area contributed by atoms with Gasteiger partial charge in [-0.05, 0) is 17.7 Å². The van der Waals surface area contributed by atoms with Crippen LogP contribution in [0, 0.1) is 0 Å². The van der Waals surface area contributed by atoms with Crippen molar-refractivity contribution in [3.05, 3.63) is 33.8 Å². The van der Waals surface area contributed by atoms with Crippen LogP contribution in [0.3, 0.4) is 0 Å². The highest BCUT2D eigenvalue weighted by Gasteiger charge is 2.12. The van der Waals surface area contributed by atoms with E-state index in [0.29, 0.717) is 15.6 Å². The SMILES string of the molecule is CN(C)C(=O)CNC(=O)COC(=O)Cc1ccc(Cl)cc1Cl. The zero-order valence-corrected chi connectivity index (χ0v) is 13.7. The summed E-state index contributed by atoms with van der Waals surface area (Å²) in [5, 5.41) is 3.17. The molecule has 0 atom stereocenters. The van der Waals surface area contributed by atoms with E-state index in [-0.39, 0.29) is 18.9 Å². The second kappa shape index (κ2) is 8.60. The van der Waals surface area contributed by atoms with Crippen LogP contribution in [-0.4, -0.2) is 49.9 Å². The Labute approximate surface area is 138 Å². The molecule has 22 heavy (non-hydrogen) atoms. The lowest BCUT2D eigenvalue weighted by atomic mass is 10.1. The monoisotopic (exact) mass is 346 g/mol. The lowest BCUT2D eigenvalue weighted by Gasteiger charge is -2.11. The molecule has 1 rings (SSSR count). The zero-order chi connectivity index (χ0) is 16.7. The van der Waals surface area contributed by atoms with E-state index in [1.165, 1.54) is 11.0 Å². The largest absolute Gasteiger partial charge is 0.455 e. The van der Waals surface area contributed by atoms with Crippen LogP contribution in [0.5, 0.6) is 0 Å². The second-order valence-corrected chi connectivity index (χ2v) is 5.48. The van der Waals surface area contributed by atoms with Gasteiger partial charge >= 0.3 is 5.97 Å². The van der Waals surface area contributed by atoms with E-state index < -0.39 is 18.5 Å². The van der Waals surface area contributed by atoms with Crippen LogP contribution in [0.2, 0.25) is 10.0 Å². The molecule has 2 amide bonds. The van der Waals surface area contributed by atoms with Gasteiger partial charge in [-0.1, -0.05) is 29.3 Å². The van der Waals surface area contributed by atoms with E-state index in [2.05, 4.69) is 5.32 Å². The van der Waals surface area contributed by atoms with Crippen LogP contribution in [0.4, 0.5) is 0 Å². The van der Waals surface area contributed by atoms with Gasteiger partial charge in [0, 0.05) is 24.1 Å². The minimum absolute atomic E-state index is 0.0695. The quantitative estimate of drug-likeness (QED) is 0.787. The van der Waals surface area contributed by atoms with Gasteiger partial charge in [0.15, 0.2) is 6.61 Å². The lowest BCUT2D eigenvalue weighted by molar-refractivity contribution is -0.148. The topological polar surface area (TPSA) is 75.7 Å². The van der Waals surface area contributed by atoms with Crippen molar-refractivity contribution in [1.82, 2.24) is 10.2 Å². The van der Waals surface area contributed by atoms with Gasteiger partial charge in [-0.25, -0.2) is 0 Å². The van der Waals surface area contributed by atoms with Crippen molar-refractivity contribution in [2.24, 2.45) is 0 Å². The van der Waals surface area contributed by atoms with Crippen molar-refractivity contribution >= 4 is 41.0 Å². The maximum atomic E-state index is 11.6. The number of hydrogen-bond acceptors (Lipinski definition) is 4. The molecule has 0 saturated carbocycles. The predicted octanol–water partition coefficient (Wildman–Crippen LogP) is 1.28. The van der Waals surface area contributed by atoms with Gasteiger partial charge in [0.1, 0.15) is 0 Å². The summed E-state index contributed by atoms with van der Waals surface area (Å²) in [4.78, 5) is 35.7. The smallest absolute Gasteiger partial charge is 0.310 e. The molecule has 0 bridgehead atoms. The average molecular weight is 347 g/mol. The van der Waals surface area contributed by atoms with Crippen molar-refractivity contribution in [3.8, 4) is 0 Å². The van der Waals surface area contributed by atoms with Crippen molar-refractivity contribution in [2.45, 2.75) is 6.42 Å². The Morgan fingerprint density at radius 1 is 1.23 bits per heavy atom. The number of amides is 2. The molecule has 8 heteroatoms. The summed E-state index contributed by atoms with van der Waals surface area (Å²) in [5.41, 5.74) is 0.555. The molecule has 0 unspecified atom stereocenters. The van der Waals surface area contributed by atoms with Gasteiger partial charge < -0.3 is 15.0 Å². The van der Waals surface area contributed by atoms with Crippen molar-refractivity contribution in [1.29, 1.82) is 0 Å². The first-order valence-electron chi connectivity index (χ1n) is 6.36. The Morgan fingerprint density at radius 3 is 2.50 bits per heavy atom. The number of nitrogens with one attached hydrogen (secondary N) is 1. The third-order valence-corrected chi connectivity index (χ3v) is 3.24. The van der Waals surface area contributed by atoms with E-state index in [1.54, 1.807) is 26.2 Å². The summed E-state index contributed by atoms with van der Waals surface area (Å²) in [7, 11) is 3.15. The Hall–Kier alpha value is -1.79. The third kappa shape index (κ3) is 6.32. The third-order valence-electron chi connectivity index (χ3n) is 2.65. The van der Waals surface area contributed by atoms with Crippen LogP contribution in [0.1, 0.15) is 5.56 Å². The van der Waals surface area contributed by atoms with Crippen molar-refractivity contribution in [2.75, 3.05) is 27.2 Å². The molecule has 0 spiro atoms. The molecule has 0 fully saturated rings. The Morgan fingerprint density at radius 2 is 1.91 bits per heavy atom. The number of esters is 1. The summed E-state index contributed by atoms with van der Waals surface area (Å²) < 4.78 is 4.82. The minimum Gasteiger partial charge on any atom is -0.455 e. The van der Waals surface area contributed by atoms with E-state index in [1.807, 2.05) is 0 Å². The number of ether oxygens (including phenoxy) is 1. The second-order valence-electron chi connectivity index (χ2n) is 4.64. The highest BCUT2D eigenvalue weighted by atomic mass is 35.5.